The Morgan fingerprint density at radius 1 is 1.06 bits per heavy atom. The van der Waals surface area contributed by atoms with E-state index in [0.29, 0.717) is 37.8 Å². The van der Waals surface area contributed by atoms with Gasteiger partial charge in [-0.3, -0.25) is 0 Å². The molecule has 0 aliphatic carbocycles. The topological polar surface area (TPSA) is 63.5 Å². The van der Waals surface area contributed by atoms with Crippen LogP contribution in [0.4, 0.5) is 10.6 Å². The highest BCUT2D eigenvalue weighted by Gasteiger charge is 2.26. The fourth-order valence-corrected chi connectivity index (χ4v) is 4.54. The minimum Gasteiger partial charge on any atom is -0.450 e. The standard InChI is InChI=1S/C26H26ClN5O2/c1-3-34-26(33)31-13-11-30(12-14-31)24-23-21(19-7-5-4-6-8-19)16-32(25(23)29-17-28-24)20-10-9-18(2)22(27)15-20/h4-10,15-17H,3,11-14H2,1-2H3. The van der Waals surface area contributed by atoms with E-state index in [9.17, 15) is 4.79 Å². The number of ether oxygens (including phenoxy) is 1. The van der Waals surface area contributed by atoms with Crippen LogP contribution in [0, 0.1) is 6.92 Å². The lowest BCUT2D eigenvalue weighted by Gasteiger charge is -2.35. The Bertz CT molecular complexity index is 1330. The number of carbonyl (C=O) groups excluding carboxylic acids is 1. The predicted octanol–water partition coefficient (Wildman–Crippen LogP) is 5.33. The third kappa shape index (κ3) is 4.07. The van der Waals surface area contributed by atoms with Crippen LogP contribution < -0.4 is 4.90 Å². The molecule has 174 valence electrons. The van der Waals surface area contributed by atoms with Gasteiger partial charge in [0.05, 0.1) is 12.0 Å². The van der Waals surface area contributed by atoms with Crippen LogP contribution >= 0.6 is 11.6 Å². The molecule has 34 heavy (non-hydrogen) atoms. The van der Waals surface area contributed by atoms with E-state index in [1.807, 2.05) is 44.2 Å². The highest BCUT2D eigenvalue weighted by molar-refractivity contribution is 6.31. The van der Waals surface area contributed by atoms with Crippen molar-refractivity contribution in [3.05, 3.63) is 71.6 Å². The zero-order valence-electron chi connectivity index (χ0n) is 19.2. The number of halogens is 1. The summed E-state index contributed by atoms with van der Waals surface area (Å²) in [6.07, 6.45) is 3.45. The molecule has 0 unspecified atom stereocenters. The molecule has 1 amide bonds. The van der Waals surface area contributed by atoms with Gasteiger partial charge in [-0.05, 0) is 37.1 Å². The number of piperazine rings is 1. The van der Waals surface area contributed by atoms with Gasteiger partial charge in [0.2, 0.25) is 0 Å². The molecule has 1 aliphatic heterocycles. The molecule has 8 heteroatoms. The van der Waals surface area contributed by atoms with Gasteiger partial charge in [-0.1, -0.05) is 48.0 Å². The van der Waals surface area contributed by atoms with Gasteiger partial charge in [-0.25, -0.2) is 14.8 Å². The molecule has 5 rings (SSSR count). The molecule has 3 heterocycles. The average Bonchev–Trinajstić information content (AvgIpc) is 3.26. The van der Waals surface area contributed by atoms with Gasteiger partial charge in [0.1, 0.15) is 12.1 Å². The quantitative estimate of drug-likeness (QED) is 0.399. The summed E-state index contributed by atoms with van der Waals surface area (Å²) in [5.74, 6) is 0.865. The second kappa shape index (κ2) is 9.35. The number of aryl methyl sites for hydroxylation is 1. The number of benzene rings is 2. The molecule has 2 aromatic carbocycles. The number of hydrogen-bond acceptors (Lipinski definition) is 5. The Balaban J connectivity index is 1.61. The summed E-state index contributed by atoms with van der Waals surface area (Å²) in [6, 6.07) is 16.3. The van der Waals surface area contributed by atoms with E-state index in [1.54, 1.807) is 11.2 Å². The molecule has 1 aliphatic rings. The lowest BCUT2D eigenvalue weighted by atomic mass is 10.1. The maximum absolute atomic E-state index is 12.1. The van der Waals surface area contributed by atoms with Crippen molar-refractivity contribution in [2.45, 2.75) is 13.8 Å². The first-order valence-electron chi connectivity index (χ1n) is 11.4. The highest BCUT2D eigenvalue weighted by Crippen LogP contribution is 2.37. The minimum atomic E-state index is -0.262. The fraction of sp³-hybridized carbons (Fsp3) is 0.269. The summed E-state index contributed by atoms with van der Waals surface area (Å²) in [5, 5.41) is 1.69. The monoisotopic (exact) mass is 475 g/mol. The Morgan fingerprint density at radius 3 is 2.53 bits per heavy atom. The van der Waals surface area contributed by atoms with Crippen molar-refractivity contribution in [1.29, 1.82) is 0 Å². The summed E-state index contributed by atoms with van der Waals surface area (Å²) in [7, 11) is 0. The van der Waals surface area contributed by atoms with E-state index >= 15 is 0 Å². The van der Waals surface area contributed by atoms with Crippen molar-refractivity contribution in [1.82, 2.24) is 19.4 Å². The number of rotatable bonds is 4. The molecular formula is C26H26ClN5O2. The van der Waals surface area contributed by atoms with E-state index in [2.05, 4.69) is 38.8 Å². The number of anilines is 1. The van der Waals surface area contributed by atoms with Crippen molar-refractivity contribution in [2.24, 2.45) is 0 Å². The summed E-state index contributed by atoms with van der Waals surface area (Å²) < 4.78 is 7.24. The molecule has 0 atom stereocenters. The third-order valence-electron chi connectivity index (χ3n) is 6.19. The van der Waals surface area contributed by atoms with Gasteiger partial charge in [0.25, 0.3) is 0 Å². The van der Waals surface area contributed by atoms with Gasteiger partial charge < -0.3 is 19.1 Å². The lowest BCUT2D eigenvalue weighted by Crippen LogP contribution is -2.49. The summed E-state index contributed by atoms with van der Waals surface area (Å²) >= 11 is 6.46. The zero-order valence-corrected chi connectivity index (χ0v) is 20.0. The molecule has 1 saturated heterocycles. The van der Waals surface area contributed by atoms with Crippen LogP contribution in [0.5, 0.6) is 0 Å². The molecule has 4 aromatic rings. The Labute approximate surface area is 203 Å². The summed E-state index contributed by atoms with van der Waals surface area (Å²) in [5.41, 5.74) is 4.93. The van der Waals surface area contributed by atoms with Crippen LogP contribution in [-0.4, -0.2) is 58.3 Å². The maximum Gasteiger partial charge on any atom is 0.409 e. The molecule has 0 N–H and O–H groups in total. The molecule has 2 aromatic heterocycles. The van der Waals surface area contributed by atoms with Crippen molar-refractivity contribution < 1.29 is 9.53 Å². The number of carbonyl (C=O) groups is 1. The third-order valence-corrected chi connectivity index (χ3v) is 6.59. The predicted molar refractivity (Wildman–Crippen MR) is 135 cm³/mol. The normalized spacial score (nSPS) is 14.0. The Morgan fingerprint density at radius 2 is 1.82 bits per heavy atom. The van der Waals surface area contributed by atoms with Gasteiger partial charge in [-0.15, -0.1) is 0 Å². The summed E-state index contributed by atoms with van der Waals surface area (Å²) in [6.45, 7) is 6.69. The first-order valence-corrected chi connectivity index (χ1v) is 11.8. The second-order valence-corrected chi connectivity index (χ2v) is 8.69. The second-order valence-electron chi connectivity index (χ2n) is 8.28. The largest absolute Gasteiger partial charge is 0.450 e. The number of aromatic nitrogens is 3. The smallest absolute Gasteiger partial charge is 0.409 e. The number of amides is 1. The van der Waals surface area contributed by atoms with E-state index in [4.69, 9.17) is 21.3 Å². The average molecular weight is 476 g/mol. The van der Waals surface area contributed by atoms with E-state index in [1.165, 1.54) is 0 Å². The molecular weight excluding hydrogens is 450 g/mol. The first kappa shape index (κ1) is 22.2. The SMILES string of the molecule is CCOC(=O)N1CCN(c2ncnc3c2c(-c2ccccc2)cn3-c2ccc(C)c(Cl)c2)CC1. The Hall–Kier alpha value is -3.58. The van der Waals surface area contributed by atoms with Crippen LogP contribution in [0.2, 0.25) is 5.02 Å². The Kier molecular flexibility index (Phi) is 6.11. The number of nitrogens with zero attached hydrogens (tertiary/aromatic N) is 5. The van der Waals surface area contributed by atoms with E-state index in [0.717, 1.165) is 39.2 Å². The molecule has 1 fully saturated rings. The lowest BCUT2D eigenvalue weighted by molar-refractivity contribution is 0.105. The number of fused-ring (bicyclic) bond motifs is 1. The number of hydrogen-bond donors (Lipinski definition) is 0. The van der Waals surface area contributed by atoms with E-state index < -0.39 is 0 Å². The van der Waals surface area contributed by atoms with Crippen molar-refractivity contribution in [2.75, 3.05) is 37.7 Å². The van der Waals surface area contributed by atoms with Crippen molar-refractivity contribution >= 4 is 34.5 Å². The molecule has 0 bridgehead atoms. The zero-order chi connectivity index (χ0) is 23.7. The van der Waals surface area contributed by atoms with Crippen LogP contribution in [0.1, 0.15) is 12.5 Å². The van der Waals surface area contributed by atoms with Crippen LogP contribution in [0.25, 0.3) is 27.8 Å². The van der Waals surface area contributed by atoms with Crippen LogP contribution in [0.15, 0.2) is 61.1 Å². The fourth-order valence-electron chi connectivity index (χ4n) is 4.37. The van der Waals surface area contributed by atoms with Crippen LogP contribution in [-0.2, 0) is 4.74 Å². The molecule has 7 nitrogen and oxygen atoms in total. The van der Waals surface area contributed by atoms with Crippen molar-refractivity contribution in [3.63, 3.8) is 0 Å². The molecule has 0 spiro atoms. The maximum atomic E-state index is 12.1. The molecule has 0 saturated carbocycles. The van der Waals surface area contributed by atoms with Gasteiger partial charge in [-0.2, -0.15) is 0 Å². The highest BCUT2D eigenvalue weighted by atomic mass is 35.5. The van der Waals surface area contributed by atoms with Crippen molar-refractivity contribution in [3.8, 4) is 16.8 Å². The molecule has 0 radical (unpaired) electrons. The minimum absolute atomic E-state index is 0.262. The van der Waals surface area contributed by atoms with Gasteiger partial charge >= 0.3 is 6.09 Å². The van der Waals surface area contributed by atoms with Crippen LogP contribution in [0.3, 0.4) is 0 Å². The van der Waals surface area contributed by atoms with Gasteiger partial charge in [0, 0.05) is 48.6 Å². The van der Waals surface area contributed by atoms with E-state index in [-0.39, 0.29) is 6.09 Å². The first-order chi connectivity index (χ1) is 16.6. The summed E-state index contributed by atoms with van der Waals surface area (Å²) in [4.78, 5) is 25.5. The van der Waals surface area contributed by atoms with Gasteiger partial charge in [0.15, 0.2) is 5.65 Å².